The van der Waals surface area contributed by atoms with Crippen molar-refractivity contribution in [3.05, 3.63) is 88.5 Å². The quantitative estimate of drug-likeness (QED) is 0.196. The number of carbonyl (C=O) groups excluding carboxylic acids is 2. The molecule has 1 fully saturated rings. The van der Waals surface area contributed by atoms with Crippen molar-refractivity contribution in [1.82, 2.24) is 4.98 Å². The number of ether oxygens (including phenoxy) is 2. The molecular weight excluding hydrogens is 500 g/mol. The van der Waals surface area contributed by atoms with Crippen LogP contribution in [0.4, 0.5) is 5.13 Å². The van der Waals surface area contributed by atoms with Crippen molar-refractivity contribution in [2.24, 2.45) is 0 Å². The van der Waals surface area contributed by atoms with Gasteiger partial charge in [0, 0.05) is 12.0 Å². The zero-order valence-corrected chi connectivity index (χ0v) is 22.0. The number of nitrogens with zero attached hydrogens (tertiary/aromatic N) is 2. The number of anilines is 1. The van der Waals surface area contributed by atoms with Crippen molar-refractivity contribution in [3.63, 3.8) is 0 Å². The molecule has 0 radical (unpaired) electrons. The monoisotopic (exact) mass is 526 g/mol. The first-order chi connectivity index (χ1) is 18.3. The van der Waals surface area contributed by atoms with Crippen molar-refractivity contribution in [3.8, 4) is 11.5 Å². The summed E-state index contributed by atoms with van der Waals surface area (Å²) in [6.45, 7) is 6.40. The highest BCUT2D eigenvalue weighted by atomic mass is 32.1. The summed E-state index contributed by atoms with van der Waals surface area (Å²) in [5, 5.41) is 11.9. The topological polar surface area (TPSA) is 89.0 Å². The molecule has 0 spiro atoms. The van der Waals surface area contributed by atoms with Gasteiger partial charge in [-0.3, -0.25) is 14.5 Å². The van der Waals surface area contributed by atoms with Crippen LogP contribution in [0.1, 0.15) is 42.1 Å². The number of hydrogen-bond acceptors (Lipinski definition) is 7. The van der Waals surface area contributed by atoms with Crippen LogP contribution in [0.25, 0.3) is 16.0 Å². The van der Waals surface area contributed by atoms with Gasteiger partial charge in [-0.15, -0.1) is 0 Å². The van der Waals surface area contributed by atoms with Crippen LogP contribution in [0.5, 0.6) is 11.5 Å². The van der Waals surface area contributed by atoms with E-state index in [0.29, 0.717) is 40.6 Å². The van der Waals surface area contributed by atoms with E-state index in [1.165, 1.54) is 16.2 Å². The molecule has 3 heterocycles. The van der Waals surface area contributed by atoms with Gasteiger partial charge in [-0.2, -0.15) is 0 Å². The summed E-state index contributed by atoms with van der Waals surface area (Å²) in [6, 6.07) is 17.7. The molecule has 2 atom stereocenters. The van der Waals surface area contributed by atoms with Gasteiger partial charge in [0.05, 0.1) is 28.4 Å². The number of ketones is 1. The second-order valence-corrected chi connectivity index (χ2v) is 10.6. The minimum Gasteiger partial charge on any atom is -0.507 e. The minimum atomic E-state index is -0.828. The average Bonchev–Trinajstić information content (AvgIpc) is 3.56. The first kappa shape index (κ1) is 24.2. The van der Waals surface area contributed by atoms with Crippen molar-refractivity contribution in [2.75, 3.05) is 11.5 Å². The standard InChI is InChI=1S/C30H26N2O5S/c1-4-36-21-10-11-22-24(15-21)38-30(31-22)32-26(18-7-5-16(2)6-8-18)25(28(34)29(32)35)27(33)19-9-12-23-20(14-19)13-17(3)37-23/h5-12,14-15,17,26,33H,4,13H2,1-3H3/t17-,26+/m1/s1. The largest absolute Gasteiger partial charge is 0.507 e. The molecule has 1 N–H and O–H groups in total. The lowest BCUT2D eigenvalue weighted by Gasteiger charge is -2.23. The molecule has 2 aliphatic heterocycles. The van der Waals surface area contributed by atoms with Crippen LogP contribution in [0.3, 0.4) is 0 Å². The maximum absolute atomic E-state index is 13.5. The highest BCUT2D eigenvalue weighted by Gasteiger charge is 2.48. The lowest BCUT2D eigenvalue weighted by molar-refractivity contribution is -0.132. The molecular formula is C30H26N2O5S. The predicted molar refractivity (Wildman–Crippen MR) is 147 cm³/mol. The third-order valence-corrected chi connectivity index (χ3v) is 7.89. The minimum absolute atomic E-state index is 0.0417. The van der Waals surface area contributed by atoms with Crippen LogP contribution in [0.2, 0.25) is 0 Å². The Morgan fingerprint density at radius 1 is 1.13 bits per heavy atom. The van der Waals surface area contributed by atoms with Crippen LogP contribution < -0.4 is 14.4 Å². The molecule has 0 unspecified atom stereocenters. The maximum Gasteiger partial charge on any atom is 0.301 e. The third kappa shape index (κ3) is 4.01. The Labute approximate surface area is 224 Å². The van der Waals surface area contributed by atoms with E-state index in [0.717, 1.165) is 21.6 Å². The van der Waals surface area contributed by atoms with E-state index in [-0.39, 0.29) is 17.4 Å². The fourth-order valence-corrected chi connectivity index (χ4v) is 6.09. The number of benzene rings is 3. The van der Waals surface area contributed by atoms with Crippen LogP contribution in [-0.2, 0) is 16.0 Å². The fraction of sp³-hybridized carbons (Fsp3) is 0.233. The summed E-state index contributed by atoms with van der Waals surface area (Å²) < 4.78 is 12.2. The van der Waals surface area contributed by atoms with Gasteiger partial charge in [0.15, 0.2) is 5.13 Å². The van der Waals surface area contributed by atoms with Gasteiger partial charge in [-0.05, 0) is 68.3 Å². The van der Waals surface area contributed by atoms with E-state index in [4.69, 9.17) is 14.5 Å². The summed E-state index contributed by atoms with van der Waals surface area (Å²) in [5.74, 6) is -0.196. The molecule has 1 aromatic heterocycles. The Bertz CT molecular complexity index is 1620. The van der Waals surface area contributed by atoms with Crippen LogP contribution in [-0.4, -0.2) is 34.5 Å². The van der Waals surface area contributed by atoms with Crippen LogP contribution in [0.15, 0.2) is 66.2 Å². The number of thiazole rings is 1. The van der Waals surface area contributed by atoms with Gasteiger partial charge in [0.2, 0.25) is 0 Å². The van der Waals surface area contributed by atoms with Gasteiger partial charge in [-0.25, -0.2) is 4.98 Å². The number of carbonyl (C=O) groups is 2. The predicted octanol–water partition coefficient (Wildman–Crippen LogP) is 5.95. The first-order valence-corrected chi connectivity index (χ1v) is 13.4. The van der Waals surface area contributed by atoms with Gasteiger partial charge >= 0.3 is 5.91 Å². The van der Waals surface area contributed by atoms with Gasteiger partial charge in [-0.1, -0.05) is 41.2 Å². The number of Topliss-reactive ketones (excluding diaryl/α,β-unsaturated/α-hetero) is 1. The van der Waals surface area contributed by atoms with Crippen LogP contribution in [0, 0.1) is 6.92 Å². The second kappa shape index (κ2) is 9.29. The molecule has 0 saturated carbocycles. The maximum atomic E-state index is 13.5. The summed E-state index contributed by atoms with van der Waals surface area (Å²) >= 11 is 1.31. The molecule has 0 bridgehead atoms. The van der Waals surface area contributed by atoms with Gasteiger partial charge in [0.25, 0.3) is 5.78 Å². The van der Waals surface area contributed by atoms with E-state index >= 15 is 0 Å². The Kier molecular flexibility index (Phi) is 5.91. The lowest BCUT2D eigenvalue weighted by Crippen LogP contribution is -2.29. The fourth-order valence-electron chi connectivity index (χ4n) is 5.07. The zero-order valence-electron chi connectivity index (χ0n) is 21.2. The van der Waals surface area contributed by atoms with E-state index in [9.17, 15) is 14.7 Å². The number of rotatable bonds is 5. The van der Waals surface area contributed by atoms with E-state index in [1.807, 2.05) is 69.3 Å². The average molecular weight is 527 g/mol. The SMILES string of the molecule is CCOc1ccc2nc(N3C(=O)C(=O)C(=C(O)c4ccc5c(c4)C[C@@H](C)O5)[C@@H]3c3ccc(C)cc3)sc2c1. The molecule has 1 saturated heterocycles. The molecule has 38 heavy (non-hydrogen) atoms. The summed E-state index contributed by atoms with van der Waals surface area (Å²) in [6.07, 6.45) is 0.754. The number of hydrogen-bond donors (Lipinski definition) is 1. The summed E-state index contributed by atoms with van der Waals surface area (Å²) in [4.78, 5) is 33.1. The summed E-state index contributed by atoms with van der Waals surface area (Å²) in [7, 11) is 0. The van der Waals surface area contributed by atoms with Crippen molar-refractivity contribution in [2.45, 2.75) is 39.3 Å². The van der Waals surface area contributed by atoms with Crippen LogP contribution >= 0.6 is 11.3 Å². The Morgan fingerprint density at radius 3 is 2.68 bits per heavy atom. The van der Waals surface area contributed by atoms with Gasteiger partial charge in [0.1, 0.15) is 23.4 Å². The van der Waals surface area contributed by atoms with E-state index < -0.39 is 17.7 Å². The molecule has 192 valence electrons. The molecule has 3 aromatic carbocycles. The number of fused-ring (bicyclic) bond motifs is 2. The Morgan fingerprint density at radius 2 is 1.92 bits per heavy atom. The molecule has 8 heteroatoms. The molecule has 7 nitrogen and oxygen atoms in total. The molecule has 6 rings (SSSR count). The van der Waals surface area contributed by atoms with Gasteiger partial charge < -0.3 is 14.6 Å². The number of aliphatic hydroxyl groups is 1. The van der Waals surface area contributed by atoms with Crippen molar-refractivity contribution >= 4 is 44.1 Å². The molecule has 4 aromatic rings. The number of aromatic nitrogens is 1. The van der Waals surface area contributed by atoms with E-state index in [2.05, 4.69) is 0 Å². The second-order valence-electron chi connectivity index (χ2n) is 9.59. The summed E-state index contributed by atoms with van der Waals surface area (Å²) in [5.41, 5.74) is 3.93. The molecule has 0 aliphatic carbocycles. The van der Waals surface area contributed by atoms with Crippen molar-refractivity contribution in [1.29, 1.82) is 0 Å². The Hall–Kier alpha value is -4.17. The number of aryl methyl sites for hydroxylation is 1. The highest BCUT2D eigenvalue weighted by molar-refractivity contribution is 7.22. The molecule has 1 amide bonds. The lowest BCUT2D eigenvalue weighted by atomic mass is 9.94. The molecule has 2 aliphatic rings. The Balaban J connectivity index is 1.50. The zero-order chi connectivity index (χ0) is 26.6. The normalized spacial score (nSPS) is 20.1. The number of amides is 1. The highest BCUT2D eigenvalue weighted by Crippen LogP contribution is 2.45. The smallest absolute Gasteiger partial charge is 0.301 e. The van der Waals surface area contributed by atoms with E-state index in [1.54, 1.807) is 12.1 Å². The van der Waals surface area contributed by atoms with Crippen molar-refractivity contribution < 1.29 is 24.2 Å². The number of aliphatic hydroxyl groups excluding tert-OH is 1. The first-order valence-electron chi connectivity index (χ1n) is 12.5. The third-order valence-electron chi connectivity index (χ3n) is 6.87.